The fourth-order valence-corrected chi connectivity index (χ4v) is 6.88. The molecule has 0 radical (unpaired) electrons. The number of methoxy groups -OCH3 is 1. The molecule has 0 aliphatic rings. The first-order chi connectivity index (χ1) is 14.3. The summed E-state index contributed by atoms with van der Waals surface area (Å²) in [6, 6.07) is 39.6. The quantitative estimate of drug-likeness (QED) is 0.433. The van der Waals surface area contributed by atoms with E-state index in [0.29, 0.717) is 0 Å². The summed E-state index contributed by atoms with van der Waals surface area (Å²) in [6.45, 7) is -2.12. The molecule has 0 heterocycles. The van der Waals surface area contributed by atoms with Gasteiger partial charge in [-0.25, -0.2) is 0 Å². The third kappa shape index (κ3) is 3.99. The van der Waals surface area contributed by atoms with E-state index in [1.165, 1.54) is 15.9 Å². The minimum Gasteiger partial charge on any atom is -0.497 e. The highest BCUT2D eigenvalue weighted by atomic mass is 31.2. The van der Waals surface area contributed by atoms with E-state index in [1.54, 1.807) is 7.11 Å². The van der Waals surface area contributed by atoms with Gasteiger partial charge in [0.1, 0.15) is 11.5 Å². The zero-order valence-corrected chi connectivity index (χ0v) is 17.2. The normalized spacial score (nSPS) is 10.9. The molecule has 0 unspecified atom stereocenters. The van der Waals surface area contributed by atoms with Crippen molar-refractivity contribution in [3.05, 3.63) is 115 Å². The largest absolute Gasteiger partial charge is 0.497 e. The summed E-state index contributed by atoms with van der Waals surface area (Å²) in [7, 11) is 1.67. The van der Waals surface area contributed by atoms with Gasteiger partial charge in [-0.15, -0.1) is 0 Å². The van der Waals surface area contributed by atoms with Gasteiger partial charge in [0.05, 0.1) is 13.1 Å². The summed E-state index contributed by atoms with van der Waals surface area (Å²) in [4.78, 5) is 0. The Morgan fingerprint density at radius 2 is 0.897 bits per heavy atom. The molecule has 0 aliphatic heterocycles. The zero-order valence-electron chi connectivity index (χ0n) is 16.3. The van der Waals surface area contributed by atoms with Gasteiger partial charge in [0.25, 0.3) is 0 Å². The topological polar surface area (TPSA) is 18.5 Å². The van der Waals surface area contributed by atoms with E-state index in [9.17, 15) is 0 Å². The van der Waals surface area contributed by atoms with E-state index < -0.39 is 6.89 Å². The smallest absolute Gasteiger partial charge is 0.126 e. The highest BCUT2D eigenvalue weighted by Gasteiger charge is 2.25. The Hall–Kier alpha value is -3.22. The molecule has 4 rings (SSSR count). The summed E-state index contributed by atoms with van der Waals surface area (Å²) in [6.07, 6.45) is 0. The first-order valence-corrected chi connectivity index (χ1v) is 11.4. The number of rotatable bonds is 6. The van der Waals surface area contributed by atoms with Crippen molar-refractivity contribution in [1.29, 1.82) is 0 Å². The second-order valence-corrected chi connectivity index (χ2v) is 9.83. The molecule has 29 heavy (non-hydrogen) atoms. The second-order valence-electron chi connectivity index (χ2n) is 6.63. The minimum absolute atomic E-state index is 0.790. The molecule has 2 nitrogen and oxygen atoms in total. The van der Waals surface area contributed by atoms with Gasteiger partial charge in [0.15, 0.2) is 0 Å². The third-order valence-electron chi connectivity index (χ3n) is 4.90. The first kappa shape index (κ1) is 19.1. The molecule has 0 aliphatic carbocycles. The highest BCUT2D eigenvalue weighted by molar-refractivity contribution is 7.94. The summed E-state index contributed by atoms with van der Waals surface area (Å²) in [5.74, 6) is 3.65. The molecule has 144 valence electrons. The lowest BCUT2D eigenvalue weighted by atomic mass is 10.3. The molecule has 4 aromatic carbocycles. The maximum absolute atomic E-state index is 6.30. The van der Waals surface area contributed by atoms with Crippen LogP contribution in [0, 0.1) is 0 Å². The monoisotopic (exact) mass is 398 g/mol. The van der Waals surface area contributed by atoms with Crippen LogP contribution >= 0.6 is 6.89 Å². The standard InChI is InChI=1S/C26H23O2P/c1-27-22-17-19-23(20-18-22)28-21-29(24-11-5-2-6-12-24,25-13-7-3-8-14-25)26-15-9-4-10-16-26/h2-21H,1H3. The number of hydrogen-bond acceptors (Lipinski definition) is 2. The minimum atomic E-state index is -2.12. The average molecular weight is 398 g/mol. The predicted molar refractivity (Wildman–Crippen MR) is 125 cm³/mol. The Labute approximate surface area is 172 Å². The molecule has 0 N–H and O–H groups in total. The molecule has 0 fully saturated rings. The molecule has 0 saturated carbocycles. The molecule has 0 atom stereocenters. The van der Waals surface area contributed by atoms with E-state index in [2.05, 4.69) is 97.0 Å². The van der Waals surface area contributed by atoms with Gasteiger partial charge in [-0.05, 0) is 40.2 Å². The van der Waals surface area contributed by atoms with Gasteiger partial charge >= 0.3 is 0 Å². The van der Waals surface area contributed by atoms with Crippen LogP contribution in [0.2, 0.25) is 0 Å². The Morgan fingerprint density at radius 3 is 1.28 bits per heavy atom. The van der Waals surface area contributed by atoms with Crippen molar-refractivity contribution in [2.75, 3.05) is 7.11 Å². The summed E-state index contributed by atoms with van der Waals surface area (Å²) >= 11 is 0. The molecule has 0 bridgehead atoms. The second kappa shape index (κ2) is 8.86. The van der Waals surface area contributed by atoms with Gasteiger partial charge in [-0.1, -0.05) is 91.0 Å². The molecular weight excluding hydrogens is 375 g/mol. The van der Waals surface area contributed by atoms with Crippen LogP contribution in [-0.2, 0) is 0 Å². The fourth-order valence-electron chi connectivity index (χ4n) is 3.41. The molecule has 3 heteroatoms. The van der Waals surface area contributed by atoms with Crippen LogP contribution in [0.5, 0.6) is 11.5 Å². The molecule has 0 aromatic heterocycles. The van der Waals surface area contributed by atoms with Crippen LogP contribution in [0.25, 0.3) is 0 Å². The lowest BCUT2D eigenvalue weighted by Crippen LogP contribution is -2.28. The van der Waals surface area contributed by atoms with Gasteiger partial charge < -0.3 is 9.47 Å². The van der Waals surface area contributed by atoms with Gasteiger partial charge in [-0.2, -0.15) is 0 Å². The predicted octanol–water partition coefficient (Wildman–Crippen LogP) is 4.83. The molecule has 0 amide bonds. The van der Waals surface area contributed by atoms with Crippen LogP contribution in [0.4, 0.5) is 0 Å². The zero-order chi connectivity index (χ0) is 19.9. The van der Waals surface area contributed by atoms with E-state index in [1.807, 2.05) is 24.3 Å². The molecule has 0 spiro atoms. The summed E-state index contributed by atoms with van der Waals surface area (Å²) < 4.78 is 11.6. The van der Waals surface area contributed by atoms with Crippen LogP contribution in [-0.4, -0.2) is 13.1 Å². The van der Waals surface area contributed by atoms with E-state index in [0.717, 1.165) is 11.5 Å². The van der Waals surface area contributed by atoms with Crippen molar-refractivity contribution >= 4 is 28.8 Å². The third-order valence-corrected chi connectivity index (χ3v) is 8.66. The lowest BCUT2D eigenvalue weighted by Gasteiger charge is -2.27. The van der Waals surface area contributed by atoms with Gasteiger partial charge in [0, 0.05) is 6.89 Å². The SMILES string of the molecule is COc1ccc(OC=P(c2ccccc2)(c2ccccc2)c2ccccc2)cc1. The van der Waals surface area contributed by atoms with Crippen LogP contribution in [0.15, 0.2) is 115 Å². The molecular formula is C26H23O2P. The maximum atomic E-state index is 6.30. The van der Waals surface area contributed by atoms with E-state index >= 15 is 0 Å². The Balaban J connectivity index is 1.94. The van der Waals surface area contributed by atoms with Crippen molar-refractivity contribution in [2.24, 2.45) is 0 Å². The lowest BCUT2D eigenvalue weighted by molar-refractivity contribution is 0.414. The Bertz CT molecular complexity index is 986. The van der Waals surface area contributed by atoms with Crippen molar-refractivity contribution in [3.63, 3.8) is 0 Å². The van der Waals surface area contributed by atoms with Crippen molar-refractivity contribution in [3.8, 4) is 11.5 Å². The summed E-state index contributed by atoms with van der Waals surface area (Å²) in [5.41, 5.74) is 0. The fraction of sp³-hybridized carbons (Fsp3) is 0.0385. The van der Waals surface area contributed by atoms with Crippen LogP contribution in [0.1, 0.15) is 0 Å². The van der Waals surface area contributed by atoms with E-state index in [-0.39, 0.29) is 0 Å². The van der Waals surface area contributed by atoms with Crippen molar-refractivity contribution in [2.45, 2.75) is 0 Å². The first-order valence-electron chi connectivity index (χ1n) is 9.53. The van der Waals surface area contributed by atoms with Gasteiger partial charge in [-0.3, -0.25) is 0 Å². The molecule has 0 saturated heterocycles. The Morgan fingerprint density at radius 1 is 0.517 bits per heavy atom. The van der Waals surface area contributed by atoms with Gasteiger partial charge in [0.2, 0.25) is 0 Å². The molecule has 4 aromatic rings. The highest BCUT2D eigenvalue weighted by Crippen LogP contribution is 2.43. The number of ether oxygens (including phenoxy) is 2. The van der Waals surface area contributed by atoms with Crippen LogP contribution < -0.4 is 25.4 Å². The number of hydrogen-bond donors (Lipinski definition) is 0. The average Bonchev–Trinajstić information content (AvgIpc) is 2.82. The Kier molecular flexibility index (Phi) is 5.84. The van der Waals surface area contributed by atoms with Crippen LogP contribution in [0.3, 0.4) is 0 Å². The van der Waals surface area contributed by atoms with E-state index in [4.69, 9.17) is 9.47 Å². The maximum Gasteiger partial charge on any atom is 0.126 e. The summed E-state index contributed by atoms with van der Waals surface area (Å²) in [5, 5.41) is 3.77. The number of benzene rings is 4. The van der Waals surface area contributed by atoms with Crippen molar-refractivity contribution < 1.29 is 9.47 Å². The van der Waals surface area contributed by atoms with Crippen molar-refractivity contribution in [1.82, 2.24) is 0 Å².